The number of ether oxygens (including phenoxy) is 1. The Hall–Kier alpha value is -3.92. The maximum absolute atomic E-state index is 12.3. The quantitative estimate of drug-likeness (QED) is 0.423. The van der Waals surface area contributed by atoms with Crippen molar-refractivity contribution in [3.05, 3.63) is 66.2 Å². The van der Waals surface area contributed by atoms with Crippen LogP contribution in [0.1, 0.15) is 10.4 Å². The van der Waals surface area contributed by atoms with E-state index in [0.717, 1.165) is 22.8 Å². The number of hydrogen-bond acceptors (Lipinski definition) is 8. The van der Waals surface area contributed by atoms with Crippen molar-refractivity contribution in [2.75, 3.05) is 13.2 Å². The number of carbonyl (C=O) groups is 1. The van der Waals surface area contributed by atoms with Gasteiger partial charge in [-0.25, -0.2) is 0 Å². The van der Waals surface area contributed by atoms with Crippen molar-refractivity contribution < 1.29 is 9.53 Å². The van der Waals surface area contributed by atoms with Gasteiger partial charge < -0.3 is 10.1 Å². The van der Waals surface area contributed by atoms with Crippen LogP contribution in [0.5, 0.6) is 5.88 Å². The highest BCUT2D eigenvalue weighted by atomic mass is 32.1. The second-order valence-corrected chi connectivity index (χ2v) is 6.93. The fourth-order valence-electron chi connectivity index (χ4n) is 2.96. The number of aromatic nitrogens is 6. The van der Waals surface area contributed by atoms with Gasteiger partial charge in [0.1, 0.15) is 17.6 Å². The van der Waals surface area contributed by atoms with Gasteiger partial charge in [0, 0.05) is 17.2 Å². The Labute approximate surface area is 174 Å². The molecule has 1 amide bonds. The lowest BCUT2D eigenvalue weighted by Gasteiger charge is -2.08. The van der Waals surface area contributed by atoms with Crippen molar-refractivity contribution in [3.8, 4) is 17.3 Å². The summed E-state index contributed by atoms with van der Waals surface area (Å²) in [6.07, 6.45) is 0. The van der Waals surface area contributed by atoms with Crippen molar-refractivity contribution in [3.63, 3.8) is 0 Å². The molecule has 1 N–H and O–H groups in total. The second kappa shape index (κ2) is 7.84. The summed E-state index contributed by atoms with van der Waals surface area (Å²) in [7, 11) is 0. The largest absolute Gasteiger partial charge is 0.475 e. The number of nitrogens with zero attached hydrogens (tertiary/aromatic N) is 6. The Bertz CT molecular complexity index is 1330. The van der Waals surface area contributed by atoms with Gasteiger partial charge in [-0.15, -0.1) is 15.3 Å². The van der Waals surface area contributed by atoms with Gasteiger partial charge in [0.15, 0.2) is 11.5 Å². The number of carbonyl (C=O) groups excluding carboxylic acids is 1. The monoisotopic (exact) mass is 417 g/mol. The lowest BCUT2D eigenvalue weighted by atomic mass is 10.2. The van der Waals surface area contributed by atoms with Crippen LogP contribution < -0.4 is 10.1 Å². The van der Waals surface area contributed by atoms with Gasteiger partial charge in [-0.05, 0) is 24.3 Å². The summed E-state index contributed by atoms with van der Waals surface area (Å²) in [5, 5.41) is 15.6. The number of nitrogens with one attached hydrogen (secondary N) is 1. The number of fused-ring (bicyclic) bond motifs is 2. The number of rotatable bonds is 6. The predicted octanol–water partition coefficient (Wildman–Crippen LogP) is 2.60. The molecule has 3 heterocycles. The van der Waals surface area contributed by atoms with Crippen LogP contribution >= 0.6 is 11.7 Å². The lowest BCUT2D eigenvalue weighted by Crippen LogP contribution is -2.28. The minimum atomic E-state index is -0.193. The van der Waals surface area contributed by atoms with Crippen LogP contribution in [-0.4, -0.2) is 47.6 Å². The molecule has 10 heteroatoms. The Balaban J connectivity index is 1.22. The molecule has 30 heavy (non-hydrogen) atoms. The molecular formula is C20H15N7O2S. The van der Waals surface area contributed by atoms with Gasteiger partial charge in [-0.3, -0.25) is 4.79 Å². The van der Waals surface area contributed by atoms with Crippen molar-refractivity contribution >= 4 is 34.3 Å². The van der Waals surface area contributed by atoms with Crippen LogP contribution in [0.4, 0.5) is 0 Å². The molecule has 0 aliphatic rings. The molecule has 9 nitrogen and oxygen atoms in total. The molecule has 0 saturated carbocycles. The molecule has 0 bridgehead atoms. The molecular weight excluding hydrogens is 402 g/mol. The van der Waals surface area contributed by atoms with Gasteiger partial charge in [0.25, 0.3) is 5.91 Å². The lowest BCUT2D eigenvalue weighted by molar-refractivity contribution is 0.0946. The van der Waals surface area contributed by atoms with E-state index in [9.17, 15) is 4.79 Å². The summed E-state index contributed by atoms with van der Waals surface area (Å²) < 4.78 is 15.6. The number of amides is 1. The summed E-state index contributed by atoms with van der Waals surface area (Å²) in [4.78, 5) is 12.3. The van der Waals surface area contributed by atoms with E-state index in [2.05, 4.69) is 29.4 Å². The zero-order chi connectivity index (χ0) is 20.3. The van der Waals surface area contributed by atoms with Crippen LogP contribution in [0.2, 0.25) is 0 Å². The predicted molar refractivity (Wildman–Crippen MR) is 111 cm³/mol. The van der Waals surface area contributed by atoms with Crippen LogP contribution in [0, 0.1) is 0 Å². The minimum Gasteiger partial charge on any atom is -0.475 e. The molecule has 0 aliphatic carbocycles. The average molecular weight is 417 g/mol. The highest BCUT2D eigenvalue weighted by molar-refractivity contribution is 7.00. The van der Waals surface area contributed by atoms with Gasteiger partial charge in [0.05, 0.1) is 18.3 Å². The summed E-state index contributed by atoms with van der Waals surface area (Å²) in [5.74, 6) is 0.863. The maximum atomic E-state index is 12.3. The van der Waals surface area contributed by atoms with Crippen molar-refractivity contribution in [1.29, 1.82) is 0 Å². The summed E-state index contributed by atoms with van der Waals surface area (Å²) in [6.45, 7) is 0.604. The fourth-order valence-corrected chi connectivity index (χ4v) is 3.48. The molecule has 5 rings (SSSR count). The molecule has 0 fully saturated rings. The number of hydrogen-bond donors (Lipinski definition) is 1. The topological polar surface area (TPSA) is 107 Å². The van der Waals surface area contributed by atoms with Crippen LogP contribution in [0.3, 0.4) is 0 Å². The molecule has 3 aromatic heterocycles. The molecule has 0 aliphatic heterocycles. The number of benzene rings is 2. The zero-order valence-corrected chi connectivity index (χ0v) is 16.4. The molecule has 0 unspecified atom stereocenters. The van der Waals surface area contributed by atoms with Gasteiger partial charge >= 0.3 is 0 Å². The van der Waals surface area contributed by atoms with Crippen molar-refractivity contribution in [2.45, 2.75) is 0 Å². The second-order valence-electron chi connectivity index (χ2n) is 6.40. The highest BCUT2D eigenvalue weighted by Crippen LogP contribution is 2.18. The molecule has 5 aromatic rings. The SMILES string of the molecule is O=C(NCCOc1ccc2nnc(-c3ccccc3)n2n1)c1ccc2nsnc2c1. The van der Waals surface area contributed by atoms with Gasteiger partial charge in [0.2, 0.25) is 5.88 Å². The molecule has 0 radical (unpaired) electrons. The molecule has 2 aromatic carbocycles. The van der Waals surface area contributed by atoms with E-state index in [1.54, 1.807) is 34.8 Å². The van der Waals surface area contributed by atoms with E-state index in [0.29, 0.717) is 35.0 Å². The van der Waals surface area contributed by atoms with E-state index in [1.165, 1.54) is 0 Å². The van der Waals surface area contributed by atoms with E-state index < -0.39 is 0 Å². The van der Waals surface area contributed by atoms with Crippen LogP contribution in [-0.2, 0) is 0 Å². The first-order valence-corrected chi connectivity index (χ1v) is 9.92. The third-order valence-electron chi connectivity index (χ3n) is 4.42. The Morgan fingerprint density at radius 1 is 1.00 bits per heavy atom. The van der Waals surface area contributed by atoms with E-state index >= 15 is 0 Å². The molecule has 0 atom stereocenters. The summed E-state index contributed by atoms with van der Waals surface area (Å²) in [5.41, 5.74) is 3.57. The first-order valence-electron chi connectivity index (χ1n) is 9.19. The summed E-state index contributed by atoms with van der Waals surface area (Å²) in [6, 6.07) is 18.4. The highest BCUT2D eigenvalue weighted by Gasteiger charge is 2.11. The van der Waals surface area contributed by atoms with E-state index in [-0.39, 0.29) is 12.5 Å². The Morgan fingerprint density at radius 3 is 2.77 bits per heavy atom. The molecule has 0 spiro atoms. The van der Waals surface area contributed by atoms with E-state index in [1.807, 2.05) is 30.3 Å². The van der Waals surface area contributed by atoms with Gasteiger partial charge in [-0.2, -0.15) is 13.3 Å². The first-order chi connectivity index (χ1) is 14.8. The first kappa shape index (κ1) is 18.1. The maximum Gasteiger partial charge on any atom is 0.251 e. The standard InChI is InChI=1S/C20H15N7O2S/c28-20(14-6-7-15-16(12-14)26-30-25-15)21-10-11-29-18-9-8-17-22-23-19(27(17)24-18)13-4-2-1-3-5-13/h1-9,12H,10-11H2,(H,21,28). The van der Waals surface area contributed by atoms with E-state index in [4.69, 9.17) is 4.74 Å². The Kier molecular flexibility index (Phi) is 4.74. The smallest absolute Gasteiger partial charge is 0.251 e. The van der Waals surface area contributed by atoms with Crippen molar-refractivity contribution in [2.24, 2.45) is 0 Å². The third-order valence-corrected chi connectivity index (χ3v) is 4.98. The van der Waals surface area contributed by atoms with Crippen LogP contribution in [0.15, 0.2) is 60.7 Å². The molecule has 0 saturated heterocycles. The fraction of sp³-hybridized carbons (Fsp3) is 0.100. The van der Waals surface area contributed by atoms with Crippen LogP contribution in [0.25, 0.3) is 28.1 Å². The minimum absolute atomic E-state index is 0.193. The zero-order valence-electron chi connectivity index (χ0n) is 15.6. The summed E-state index contributed by atoms with van der Waals surface area (Å²) >= 11 is 1.12. The average Bonchev–Trinajstić information content (AvgIpc) is 3.43. The normalized spacial score (nSPS) is 11.1. The molecule has 148 valence electrons. The van der Waals surface area contributed by atoms with Gasteiger partial charge in [-0.1, -0.05) is 30.3 Å². The third kappa shape index (κ3) is 3.55. The Morgan fingerprint density at radius 2 is 1.87 bits per heavy atom. The van der Waals surface area contributed by atoms with Crippen molar-refractivity contribution in [1.82, 2.24) is 33.9 Å².